The fraction of sp³-hybridized carbons (Fsp3) is 0.600. The highest BCUT2D eigenvalue weighted by Gasteiger charge is 2.14. The van der Waals surface area contributed by atoms with Crippen LogP contribution < -0.4 is 4.90 Å². The van der Waals surface area contributed by atoms with Crippen LogP contribution in [0.25, 0.3) is 0 Å². The summed E-state index contributed by atoms with van der Waals surface area (Å²) in [5.41, 5.74) is 2.11. The average molecular weight is 314 g/mol. The van der Waals surface area contributed by atoms with Crippen LogP contribution in [0.2, 0.25) is 0 Å². The maximum Gasteiger partial charge on any atom is 0.0772 e. The summed E-state index contributed by atoms with van der Waals surface area (Å²) in [4.78, 5) is 2.29. The minimum Gasteiger partial charge on any atom is -0.389 e. The summed E-state index contributed by atoms with van der Waals surface area (Å²) >= 11 is 3.53. The van der Waals surface area contributed by atoms with Gasteiger partial charge in [0.15, 0.2) is 0 Å². The Morgan fingerprint density at radius 1 is 1.22 bits per heavy atom. The number of aliphatic hydroxyl groups excluding tert-OH is 1. The maximum absolute atomic E-state index is 9.62. The van der Waals surface area contributed by atoms with Gasteiger partial charge in [0, 0.05) is 23.2 Å². The molecule has 0 radical (unpaired) electrons. The normalized spacial score (nSPS) is 14.7. The van der Waals surface area contributed by atoms with Crippen molar-refractivity contribution in [3.63, 3.8) is 0 Å². The van der Waals surface area contributed by atoms with E-state index in [9.17, 15) is 5.11 Å². The first-order chi connectivity index (χ1) is 8.32. The molecular weight excluding hydrogens is 290 g/mol. The molecule has 0 aliphatic carbocycles. The molecule has 102 valence electrons. The van der Waals surface area contributed by atoms with Crippen LogP contribution in [-0.4, -0.2) is 18.2 Å². The van der Waals surface area contributed by atoms with Crippen molar-refractivity contribution < 1.29 is 5.11 Å². The van der Waals surface area contributed by atoms with E-state index >= 15 is 0 Å². The first-order valence-corrected chi connectivity index (χ1v) is 7.32. The number of nitrogens with zero attached hydrogens (tertiary/aromatic N) is 1. The SMILES string of the molecule is CC(C)CC(C)N(C)c1ccc([C@H](C)O)c(Br)c1. The Morgan fingerprint density at radius 2 is 1.83 bits per heavy atom. The third-order valence-corrected chi connectivity index (χ3v) is 4.00. The lowest BCUT2D eigenvalue weighted by Gasteiger charge is -2.29. The van der Waals surface area contributed by atoms with Crippen molar-refractivity contribution in [2.24, 2.45) is 5.92 Å². The predicted octanol–water partition coefficient (Wildman–Crippen LogP) is 4.37. The highest BCUT2D eigenvalue weighted by Crippen LogP contribution is 2.29. The van der Waals surface area contributed by atoms with Crippen LogP contribution in [-0.2, 0) is 0 Å². The summed E-state index contributed by atoms with van der Waals surface area (Å²) in [5, 5.41) is 9.62. The van der Waals surface area contributed by atoms with E-state index < -0.39 is 6.10 Å². The number of hydrogen-bond acceptors (Lipinski definition) is 2. The molecule has 0 spiro atoms. The molecule has 1 N–H and O–H groups in total. The number of rotatable bonds is 5. The highest BCUT2D eigenvalue weighted by molar-refractivity contribution is 9.10. The van der Waals surface area contributed by atoms with Crippen LogP contribution >= 0.6 is 15.9 Å². The second-order valence-electron chi connectivity index (χ2n) is 5.47. The van der Waals surface area contributed by atoms with Gasteiger partial charge >= 0.3 is 0 Å². The van der Waals surface area contributed by atoms with Gasteiger partial charge in [-0.1, -0.05) is 35.8 Å². The van der Waals surface area contributed by atoms with Crippen LogP contribution in [0.15, 0.2) is 22.7 Å². The molecule has 0 aromatic heterocycles. The zero-order chi connectivity index (χ0) is 13.9. The molecule has 1 aromatic carbocycles. The van der Waals surface area contributed by atoms with E-state index in [4.69, 9.17) is 0 Å². The lowest BCUT2D eigenvalue weighted by molar-refractivity contribution is 0.198. The fourth-order valence-corrected chi connectivity index (χ4v) is 2.87. The number of benzene rings is 1. The second kappa shape index (κ2) is 6.58. The van der Waals surface area contributed by atoms with Gasteiger partial charge in [-0.25, -0.2) is 0 Å². The molecule has 2 nitrogen and oxygen atoms in total. The molecule has 0 aliphatic heterocycles. The second-order valence-corrected chi connectivity index (χ2v) is 6.33. The molecule has 0 amide bonds. The smallest absolute Gasteiger partial charge is 0.0772 e. The standard InChI is InChI=1S/C15H24BrNO/c1-10(2)8-11(3)17(5)13-6-7-14(12(4)18)15(16)9-13/h6-7,9-12,18H,8H2,1-5H3/t11?,12-/m0/s1. The first-order valence-electron chi connectivity index (χ1n) is 6.53. The van der Waals surface area contributed by atoms with Gasteiger partial charge in [0.05, 0.1) is 6.10 Å². The molecule has 18 heavy (non-hydrogen) atoms. The van der Waals surface area contributed by atoms with Crippen molar-refractivity contribution in [1.82, 2.24) is 0 Å². The Labute approximate surface area is 119 Å². The minimum absolute atomic E-state index is 0.438. The third-order valence-electron chi connectivity index (χ3n) is 3.32. The maximum atomic E-state index is 9.62. The van der Waals surface area contributed by atoms with Crippen molar-refractivity contribution >= 4 is 21.6 Å². The predicted molar refractivity (Wildman–Crippen MR) is 82.1 cm³/mol. The number of aliphatic hydroxyl groups is 1. The first kappa shape index (κ1) is 15.5. The molecule has 3 heteroatoms. The van der Waals surface area contributed by atoms with Crippen molar-refractivity contribution in [3.05, 3.63) is 28.2 Å². The average Bonchev–Trinajstić information content (AvgIpc) is 2.26. The number of hydrogen-bond donors (Lipinski definition) is 1. The topological polar surface area (TPSA) is 23.5 Å². The summed E-state index contributed by atoms with van der Waals surface area (Å²) in [5.74, 6) is 0.697. The molecule has 0 saturated carbocycles. The highest BCUT2D eigenvalue weighted by atomic mass is 79.9. The number of halogens is 1. The minimum atomic E-state index is -0.438. The zero-order valence-electron chi connectivity index (χ0n) is 11.9. The van der Waals surface area contributed by atoms with Gasteiger partial charge in [-0.05, 0) is 43.9 Å². The van der Waals surface area contributed by atoms with Gasteiger partial charge in [0.2, 0.25) is 0 Å². The van der Waals surface area contributed by atoms with Crippen molar-refractivity contribution in [3.8, 4) is 0 Å². The zero-order valence-corrected chi connectivity index (χ0v) is 13.5. The Hall–Kier alpha value is -0.540. The molecule has 0 fully saturated rings. The van der Waals surface area contributed by atoms with Crippen molar-refractivity contribution in [1.29, 1.82) is 0 Å². The molecule has 1 unspecified atom stereocenters. The van der Waals surface area contributed by atoms with Gasteiger partial charge < -0.3 is 10.0 Å². The van der Waals surface area contributed by atoms with Crippen LogP contribution in [0.1, 0.15) is 45.8 Å². The van der Waals surface area contributed by atoms with Gasteiger partial charge in [0.1, 0.15) is 0 Å². The van der Waals surface area contributed by atoms with Crippen LogP contribution in [0.3, 0.4) is 0 Å². The van der Waals surface area contributed by atoms with Gasteiger partial charge in [-0.3, -0.25) is 0 Å². The van der Waals surface area contributed by atoms with Crippen LogP contribution in [0.4, 0.5) is 5.69 Å². The largest absolute Gasteiger partial charge is 0.389 e. The van der Waals surface area contributed by atoms with E-state index in [0.717, 1.165) is 10.0 Å². The number of anilines is 1. The lowest BCUT2D eigenvalue weighted by atomic mass is 10.0. The molecule has 2 atom stereocenters. The van der Waals surface area contributed by atoms with E-state index in [2.05, 4.69) is 60.8 Å². The van der Waals surface area contributed by atoms with Gasteiger partial charge in [-0.15, -0.1) is 0 Å². The summed E-state index contributed by atoms with van der Waals surface area (Å²) in [6, 6.07) is 6.65. The Balaban J connectivity index is 2.87. The summed E-state index contributed by atoms with van der Waals surface area (Å²) in [6.45, 7) is 8.52. The molecule has 0 heterocycles. The molecule has 1 rings (SSSR count). The summed E-state index contributed by atoms with van der Waals surface area (Å²) < 4.78 is 0.971. The Morgan fingerprint density at radius 3 is 2.28 bits per heavy atom. The van der Waals surface area contributed by atoms with E-state index in [0.29, 0.717) is 12.0 Å². The fourth-order valence-electron chi connectivity index (χ4n) is 2.17. The molecule has 0 saturated heterocycles. The molecule has 0 bridgehead atoms. The van der Waals surface area contributed by atoms with Crippen LogP contribution in [0, 0.1) is 5.92 Å². The van der Waals surface area contributed by atoms with E-state index in [1.54, 1.807) is 6.92 Å². The van der Waals surface area contributed by atoms with Gasteiger partial charge in [-0.2, -0.15) is 0 Å². The monoisotopic (exact) mass is 313 g/mol. The van der Waals surface area contributed by atoms with Gasteiger partial charge in [0.25, 0.3) is 0 Å². The Kier molecular flexibility index (Phi) is 5.67. The molecule has 1 aromatic rings. The van der Waals surface area contributed by atoms with Crippen molar-refractivity contribution in [2.45, 2.75) is 46.3 Å². The van der Waals surface area contributed by atoms with E-state index in [1.165, 1.54) is 12.1 Å². The van der Waals surface area contributed by atoms with Crippen molar-refractivity contribution in [2.75, 3.05) is 11.9 Å². The van der Waals surface area contributed by atoms with E-state index in [-0.39, 0.29) is 0 Å². The van der Waals surface area contributed by atoms with E-state index in [1.807, 2.05) is 6.07 Å². The summed E-state index contributed by atoms with van der Waals surface area (Å²) in [6.07, 6.45) is 0.735. The van der Waals surface area contributed by atoms with Crippen LogP contribution in [0.5, 0.6) is 0 Å². The molecule has 0 aliphatic rings. The Bertz CT molecular complexity index is 390. The lowest BCUT2D eigenvalue weighted by Crippen LogP contribution is -2.30. The molecular formula is C15H24BrNO. The summed E-state index contributed by atoms with van der Waals surface area (Å²) in [7, 11) is 2.12. The third kappa shape index (κ3) is 3.99. The quantitative estimate of drug-likeness (QED) is 0.872.